The Morgan fingerprint density at radius 2 is 1.91 bits per heavy atom. The smallest absolute Gasteiger partial charge is 0.329 e. The molecule has 0 radical (unpaired) electrons. The van der Waals surface area contributed by atoms with Gasteiger partial charge in [-0.1, -0.05) is 6.07 Å². The minimum absolute atomic E-state index is 0.0312. The largest absolute Gasteiger partial charge is 0.480 e. The number of nitrogens with one attached hydrogen (secondary N) is 1. The van der Waals surface area contributed by atoms with E-state index < -0.39 is 27.3 Å². The predicted octanol–water partition coefficient (Wildman–Crippen LogP) is 1.17. The molecule has 22 heavy (non-hydrogen) atoms. The summed E-state index contributed by atoms with van der Waals surface area (Å²) in [6.45, 7) is 0. The summed E-state index contributed by atoms with van der Waals surface area (Å²) in [5.74, 6) is -0.299. The van der Waals surface area contributed by atoms with E-state index in [4.69, 9.17) is 0 Å². The molecule has 0 saturated carbocycles. The number of carboxylic acids is 1. The second-order valence-electron chi connectivity index (χ2n) is 5.25. The Hall–Kier alpha value is -1.54. The third kappa shape index (κ3) is 3.61. The summed E-state index contributed by atoms with van der Waals surface area (Å²) in [6, 6.07) is 5.60. The maximum atomic E-state index is 12.3. The zero-order valence-electron chi connectivity index (χ0n) is 12.0. The third-order valence-corrected chi connectivity index (χ3v) is 5.73. The molecule has 1 saturated heterocycles. The zero-order valence-corrected chi connectivity index (χ0v) is 13.7. The van der Waals surface area contributed by atoms with E-state index in [1.165, 1.54) is 24.3 Å². The SMILES string of the molecule is CS(=O)(=O)c1cccc(C(=O)NC2(C(=O)O)CCSCC2)c1. The molecular formula is C14H17NO5S2. The van der Waals surface area contributed by atoms with Gasteiger partial charge in [0.05, 0.1) is 4.90 Å². The number of hydrogen-bond acceptors (Lipinski definition) is 5. The third-order valence-electron chi connectivity index (χ3n) is 3.63. The van der Waals surface area contributed by atoms with Crippen LogP contribution in [0.1, 0.15) is 23.2 Å². The fourth-order valence-corrected chi connectivity index (χ4v) is 4.13. The molecule has 2 N–H and O–H groups in total. The molecule has 2 rings (SSSR count). The number of benzene rings is 1. The average molecular weight is 343 g/mol. The highest BCUT2D eigenvalue weighted by Crippen LogP contribution is 2.28. The van der Waals surface area contributed by atoms with Crippen LogP contribution in [-0.2, 0) is 14.6 Å². The molecule has 1 fully saturated rings. The van der Waals surface area contributed by atoms with Gasteiger partial charge in [0.2, 0.25) is 0 Å². The van der Waals surface area contributed by atoms with Crippen LogP contribution in [0.5, 0.6) is 0 Å². The van der Waals surface area contributed by atoms with E-state index in [1.54, 1.807) is 11.8 Å². The number of thioether (sulfide) groups is 1. The van der Waals surface area contributed by atoms with Crippen LogP contribution in [0.3, 0.4) is 0 Å². The van der Waals surface area contributed by atoms with Crippen LogP contribution in [0.2, 0.25) is 0 Å². The minimum Gasteiger partial charge on any atom is -0.480 e. The number of sulfone groups is 1. The van der Waals surface area contributed by atoms with E-state index in [0.29, 0.717) is 24.3 Å². The van der Waals surface area contributed by atoms with Gasteiger partial charge in [-0.3, -0.25) is 4.79 Å². The van der Waals surface area contributed by atoms with Crippen molar-refractivity contribution in [3.63, 3.8) is 0 Å². The van der Waals surface area contributed by atoms with Crippen LogP contribution in [0.15, 0.2) is 29.2 Å². The molecule has 1 aromatic rings. The molecule has 0 spiro atoms. The van der Waals surface area contributed by atoms with Gasteiger partial charge in [0.25, 0.3) is 5.91 Å². The van der Waals surface area contributed by atoms with Gasteiger partial charge in [-0.15, -0.1) is 0 Å². The molecular weight excluding hydrogens is 326 g/mol. The fraction of sp³-hybridized carbons (Fsp3) is 0.429. The number of amides is 1. The fourth-order valence-electron chi connectivity index (χ4n) is 2.27. The first-order valence-corrected chi connectivity index (χ1v) is 9.73. The monoisotopic (exact) mass is 343 g/mol. The van der Waals surface area contributed by atoms with E-state index in [9.17, 15) is 23.1 Å². The molecule has 0 bridgehead atoms. The van der Waals surface area contributed by atoms with Gasteiger partial charge in [-0.2, -0.15) is 11.8 Å². The number of carbonyl (C=O) groups is 2. The van der Waals surface area contributed by atoms with Crippen LogP contribution in [0.4, 0.5) is 0 Å². The van der Waals surface area contributed by atoms with Gasteiger partial charge in [-0.05, 0) is 42.5 Å². The van der Waals surface area contributed by atoms with Crippen molar-refractivity contribution in [1.82, 2.24) is 5.32 Å². The van der Waals surface area contributed by atoms with E-state index in [0.717, 1.165) is 6.26 Å². The second-order valence-corrected chi connectivity index (χ2v) is 8.49. The number of rotatable bonds is 4. The average Bonchev–Trinajstić information content (AvgIpc) is 2.47. The number of hydrogen-bond donors (Lipinski definition) is 2. The van der Waals surface area contributed by atoms with Crippen LogP contribution in [-0.4, -0.2) is 48.7 Å². The van der Waals surface area contributed by atoms with Crippen molar-refractivity contribution in [1.29, 1.82) is 0 Å². The minimum atomic E-state index is -3.42. The first-order chi connectivity index (χ1) is 10.2. The Morgan fingerprint density at radius 3 is 2.45 bits per heavy atom. The molecule has 6 nitrogen and oxygen atoms in total. The zero-order chi connectivity index (χ0) is 16.4. The standard InChI is InChI=1S/C14H17NO5S2/c1-22(19,20)11-4-2-3-10(9-11)12(16)15-14(13(17)18)5-7-21-8-6-14/h2-4,9H,5-8H2,1H3,(H,15,16)(H,17,18). The Morgan fingerprint density at radius 1 is 1.27 bits per heavy atom. The summed E-state index contributed by atoms with van der Waals surface area (Å²) in [7, 11) is -3.42. The van der Waals surface area contributed by atoms with Crippen molar-refractivity contribution in [3.8, 4) is 0 Å². The quantitative estimate of drug-likeness (QED) is 0.851. The van der Waals surface area contributed by atoms with Crippen molar-refractivity contribution in [3.05, 3.63) is 29.8 Å². The molecule has 1 amide bonds. The van der Waals surface area contributed by atoms with Gasteiger partial charge in [0.1, 0.15) is 5.54 Å². The number of carbonyl (C=O) groups excluding carboxylic acids is 1. The van der Waals surface area contributed by atoms with Crippen LogP contribution >= 0.6 is 11.8 Å². The van der Waals surface area contributed by atoms with Crippen molar-refractivity contribution < 1.29 is 23.1 Å². The summed E-state index contributed by atoms with van der Waals surface area (Å²) in [5.41, 5.74) is -1.13. The summed E-state index contributed by atoms with van der Waals surface area (Å²) < 4.78 is 23.1. The molecule has 8 heteroatoms. The molecule has 1 aliphatic heterocycles. The summed E-state index contributed by atoms with van der Waals surface area (Å²) >= 11 is 1.65. The van der Waals surface area contributed by atoms with E-state index in [2.05, 4.69) is 5.32 Å². The van der Waals surface area contributed by atoms with E-state index in [-0.39, 0.29) is 10.5 Å². The maximum absolute atomic E-state index is 12.3. The molecule has 1 aliphatic rings. The van der Waals surface area contributed by atoms with Crippen LogP contribution in [0, 0.1) is 0 Å². The molecule has 0 aromatic heterocycles. The van der Waals surface area contributed by atoms with E-state index >= 15 is 0 Å². The normalized spacial score (nSPS) is 17.7. The Balaban J connectivity index is 2.26. The molecule has 1 aromatic carbocycles. The Kier molecular flexibility index (Phi) is 4.81. The lowest BCUT2D eigenvalue weighted by atomic mass is 9.92. The summed E-state index contributed by atoms with van der Waals surface area (Å²) in [5, 5.41) is 12.0. The molecule has 120 valence electrons. The lowest BCUT2D eigenvalue weighted by molar-refractivity contribution is -0.144. The topological polar surface area (TPSA) is 101 Å². The summed E-state index contributed by atoms with van der Waals surface area (Å²) in [4.78, 5) is 23.9. The van der Waals surface area contributed by atoms with Crippen molar-refractivity contribution >= 4 is 33.5 Å². The molecule has 1 heterocycles. The Bertz CT molecular complexity index is 693. The highest BCUT2D eigenvalue weighted by molar-refractivity contribution is 7.99. The van der Waals surface area contributed by atoms with Gasteiger partial charge in [0, 0.05) is 11.8 Å². The van der Waals surface area contributed by atoms with Crippen LogP contribution in [0.25, 0.3) is 0 Å². The Labute approximate surface area is 133 Å². The lowest BCUT2D eigenvalue weighted by Gasteiger charge is -2.33. The number of carboxylic acid groups (broad SMARTS) is 1. The number of aliphatic carboxylic acids is 1. The second kappa shape index (κ2) is 6.29. The maximum Gasteiger partial charge on any atom is 0.329 e. The lowest BCUT2D eigenvalue weighted by Crippen LogP contribution is -2.56. The van der Waals surface area contributed by atoms with Crippen molar-refractivity contribution in [2.75, 3.05) is 17.8 Å². The van der Waals surface area contributed by atoms with E-state index in [1.807, 2.05) is 0 Å². The first-order valence-electron chi connectivity index (χ1n) is 6.68. The van der Waals surface area contributed by atoms with Crippen molar-refractivity contribution in [2.45, 2.75) is 23.3 Å². The highest BCUT2D eigenvalue weighted by Gasteiger charge is 2.41. The van der Waals surface area contributed by atoms with Gasteiger partial charge in [-0.25, -0.2) is 13.2 Å². The molecule has 0 aliphatic carbocycles. The highest BCUT2D eigenvalue weighted by atomic mass is 32.2. The molecule has 0 atom stereocenters. The predicted molar refractivity (Wildman–Crippen MR) is 83.9 cm³/mol. The van der Waals surface area contributed by atoms with Gasteiger partial charge in [0.15, 0.2) is 9.84 Å². The van der Waals surface area contributed by atoms with Gasteiger partial charge < -0.3 is 10.4 Å². The molecule has 0 unspecified atom stereocenters. The first kappa shape index (κ1) is 16.8. The summed E-state index contributed by atoms with van der Waals surface area (Å²) in [6.07, 6.45) is 1.76. The van der Waals surface area contributed by atoms with Gasteiger partial charge >= 0.3 is 5.97 Å². The van der Waals surface area contributed by atoms with Crippen molar-refractivity contribution in [2.24, 2.45) is 0 Å². The van der Waals surface area contributed by atoms with Crippen LogP contribution < -0.4 is 5.32 Å².